The zero-order valence-corrected chi connectivity index (χ0v) is 17.5. The van der Waals surface area contributed by atoms with Gasteiger partial charge >= 0.3 is 0 Å². The van der Waals surface area contributed by atoms with Crippen LogP contribution in [0.15, 0.2) is 36.7 Å². The molecule has 29 heavy (non-hydrogen) atoms. The fraction of sp³-hybridized carbons (Fsp3) is 0.583. The van der Waals surface area contributed by atoms with E-state index < -0.39 is 0 Å². The molecule has 4 fully saturated rings. The van der Waals surface area contributed by atoms with Gasteiger partial charge in [-0.1, -0.05) is 0 Å². The van der Waals surface area contributed by atoms with Gasteiger partial charge in [-0.25, -0.2) is 4.98 Å². The molecular formula is C24H31N3O2. The predicted molar refractivity (Wildman–Crippen MR) is 112 cm³/mol. The molecule has 0 atom stereocenters. The summed E-state index contributed by atoms with van der Waals surface area (Å²) < 4.78 is 7.75. The van der Waals surface area contributed by atoms with E-state index in [0.29, 0.717) is 12.0 Å². The number of carbonyl (C=O) groups is 1. The van der Waals surface area contributed by atoms with Crippen LogP contribution in [0.4, 0.5) is 0 Å². The SMILES string of the molecule is CN(CC12CC3CC(CC(C3)C1)C2)C(=O)c1ccc(OCc2nccn2C)cc1. The Kier molecular flexibility index (Phi) is 4.64. The third kappa shape index (κ3) is 3.67. The topological polar surface area (TPSA) is 47.4 Å². The summed E-state index contributed by atoms with van der Waals surface area (Å²) in [6.07, 6.45) is 12.0. The minimum absolute atomic E-state index is 0.122. The van der Waals surface area contributed by atoms with E-state index in [0.717, 1.165) is 41.4 Å². The monoisotopic (exact) mass is 393 g/mol. The van der Waals surface area contributed by atoms with Crippen LogP contribution in [0.2, 0.25) is 0 Å². The quantitative estimate of drug-likeness (QED) is 0.736. The first-order valence-electron chi connectivity index (χ1n) is 10.9. The number of imidazole rings is 1. The molecule has 0 saturated heterocycles. The van der Waals surface area contributed by atoms with Crippen molar-refractivity contribution in [3.8, 4) is 5.75 Å². The van der Waals surface area contributed by atoms with Gasteiger partial charge in [0.1, 0.15) is 18.2 Å². The number of aryl methyl sites for hydroxylation is 1. The number of amides is 1. The molecule has 5 heteroatoms. The predicted octanol–water partition coefficient (Wildman–Crippen LogP) is 4.29. The lowest BCUT2D eigenvalue weighted by Crippen LogP contribution is -2.51. The Labute approximate surface area is 173 Å². The highest BCUT2D eigenvalue weighted by Crippen LogP contribution is 2.60. The summed E-state index contributed by atoms with van der Waals surface area (Å²) in [6.45, 7) is 1.33. The highest BCUT2D eigenvalue weighted by atomic mass is 16.5. The van der Waals surface area contributed by atoms with Gasteiger partial charge in [0.2, 0.25) is 0 Å². The second-order valence-corrected chi connectivity index (χ2v) is 9.85. The van der Waals surface area contributed by atoms with Crippen LogP contribution in [0.3, 0.4) is 0 Å². The first-order chi connectivity index (χ1) is 14.0. The Hall–Kier alpha value is -2.30. The van der Waals surface area contributed by atoms with Crippen molar-refractivity contribution in [2.75, 3.05) is 13.6 Å². The van der Waals surface area contributed by atoms with Gasteiger partial charge in [-0.15, -0.1) is 0 Å². The molecule has 4 aliphatic carbocycles. The molecular weight excluding hydrogens is 362 g/mol. The summed E-state index contributed by atoms with van der Waals surface area (Å²) in [6, 6.07) is 7.53. The van der Waals surface area contributed by atoms with Crippen molar-refractivity contribution in [2.45, 2.75) is 45.1 Å². The molecule has 0 aliphatic heterocycles. The summed E-state index contributed by atoms with van der Waals surface area (Å²) in [4.78, 5) is 19.3. The summed E-state index contributed by atoms with van der Waals surface area (Å²) in [5.41, 5.74) is 1.12. The molecule has 0 unspecified atom stereocenters. The highest BCUT2D eigenvalue weighted by molar-refractivity contribution is 5.94. The number of carbonyl (C=O) groups excluding carboxylic acids is 1. The Morgan fingerprint density at radius 1 is 1.14 bits per heavy atom. The van der Waals surface area contributed by atoms with Gasteiger partial charge in [-0.05, 0) is 86.0 Å². The van der Waals surface area contributed by atoms with E-state index in [2.05, 4.69) is 4.98 Å². The Bertz CT molecular complexity index is 851. The maximum atomic E-state index is 13.0. The Balaban J connectivity index is 1.21. The van der Waals surface area contributed by atoms with Gasteiger partial charge in [0.15, 0.2) is 0 Å². The van der Waals surface area contributed by atoms with Crippen molar-refractivity contribution in [1.82, 2.24) is 14.5 Å². The zero-order chi connectivity index (χ0) is 20.0. The first-order valence-corrected chi connectivity index (χ1v) is 10.9. The lowest BCUT2D eigenvalue weighted by atomic mass is 9.49. The van der Waals surface area contributed by atoms with E-state index in [-0.39, 0.29) is 5.91 Å². The van der Waals surface area contributed by atoms with E-state index in [4.69, 9.17) is 4.74 Å². The summed E-state index contributed by atoms with van der Waals surface area (Å²) in [5, 5.41) is 0. The van der Waals surface area contributed by atoms with Gasteiger partial charge in [-0.2, -0.15) is 0 Å². The molecule has 4 aliphatic rings. The van der Waals surface area contributed by atoms with E-state index in [9.17, 15) is 4.79 Å². The second-order valence-electron chi connectivity index (χ2n) is 9.85. The standard InChI is InChI=1S/C24H31N3O2/c1-26-8-7-25-22(26)15-29-21-5-3-20(4-6-21)23(28)27(2)16-24-12-17-9-18(13-24)11-19(10-17)14-24/h3-8,17-19H,9-16H2,1-2H3. The lowest BCUT2D eigenvalue weighted by Gasteiger charge is -2.57. The molecule has 1 aromatic carbocycles. The minimum atomic E-state index is 0.122. The van der Waals surface area contributed by atoms with Crippen LogP contribution in [0, 0.1) is 23.2 Å². The van der Waals surface area contributed by atoms with E-state index in [1.54, 1.807) is 6.20 Å². The largest absolute Gasteiger partial charge is 0.486 e. The van der Waals surface area contributed by atoms with Crippen LogP contribution in [0.5, 0.6) is 5.75 Å². The molecule has 154 valence electrons. The summed E-state index contributed by atoms with van der Waals surface area (Å²) >= 11 is 0. The smallest absolute Gasteiger partial charge is 0.253 e. The number of hydrogen-bond acceptors (Lipinski definition) is 3. The fourth-order valence-corrected chi connectivity index (χ4v) is 6.66. The normalized spacial score (nSPS) is 29.8. The maximum Gasteiger partial charge on any atom is 0.253 e. The first kappa shape index (κ1) is 18.7. The summed E-state index contributed by atoms with van der Waals surface area (Å²) in [7, 11) is 3.93. The fourth-order valence-electron chi connectivity index (χ4n) is 6.66. The van der Waals surface area contributed by atoms with Crippen molar-refractivity contribution in [2.24, 2.45) is 30.2 Å². The molecule has 4 saturated carbocycles. The van der Waals surface area contributed by atoms with Gasteiger partial charge < -0.3 is 14.2 Å². The molecule has 2 aromatic rings. The number of rotatable bonds is 6. The minimum Gasteiger partial charge on any atom is -0.486 e. The molecule has 1 amide bonds. The van der Waals surface area contributed by atoms with Gasteiger partial charge in [-0.3, -0.25) is 4.79 Å². The molecule has 0 radical (unpaired) electrons. The third-order valence-electron chi connectivity index (χ3n) is 7.47. The van der Waals surface area contributed by atoms with Crippen molar-refractivity contribution in [3.05, 3.63) is 48.0 Å². The van der Waals surface area contributed by atoms with Crippen molar-refractivity contribution >= 4 is 5.91 Å². The Morgan fingerprint density at radius 3 is 2.31 bits per heavy atom. The Morgan fingerprint density at radius 2 is 1.76 bits per heavy atom. The molecule has 4 bridgehead atoms. The number of aromatic nitrogens is 2. The lowest BCUT2D eigenvalue weighted by molar-refractivity contribution is -0.0629. The average molecular weight is 394 g/mol. The number of benzene rings is 1. The third-order valence-corrected chi connectivity index (χ3v) is 7.47. The zero-order valence-electron chi connectivity index (χ0n) is 17.5. The molecule has 0 spiro atoms. The van der Waals surface area contributed by atoms with Crippen LogP contribution in [-0.2, 0) is 13.7 Å². The average Bonchev–Trinajstić information content (AvgIpc) is 3.09. The van der Waals surface area contributed by atoms with Gasteiger partial charge in [0.25, 0.3) is 5.91 Å². The molecule has 1 aromatic heterocycles. The number of nitrogens with zero attached hydrogens (tertiary/aromatic N) is 3. The van der Waals surface area contributed by atoms with Crippen molar-refractivity contribution in [3.63, 3.8) is 0 Å². The number of hydrogen-bond donors (Lipinski definition) is 0. The van der Waals surface area contributed by atoms with Crippen molar-refractivity contribution in [1.29, 1.82) is 0 Å². The number of ether oxygens (including phenoxy) is 1. The summed E-state index contributed by atoms with van der Waals surface area (Å²) in [5.74, 6) is 4.50. The maximum absolute atomic E-state index is 13.0. The van der Waals surface area contributed by atoms with E-state index in [1.165, 1.54) is 38.5 Å². The van der Waals surface area contributed by atoms with Crippen LogP contribution in [0.25, 0.3) is 0 Å². The van der Waals surface area contributed by atoms with Gasteiger partial charge in [0.05, 0.1) is 0 Å². The highest BCUT2D eigenvalue weighted by Gasteiger charge is 2.51. The molecule has 1 heterocycles. The van der Waals surface area contributed by atoms with Gasteiger partial charge in [0, 0.05) is 38.6 Å². The van der Waals surface area contributed by atoms with Crippen LogP contribution in [0.1, 0.15) is 54.7 Å². The molecule has 6 rings (SSSR count). The van der Waals surface area contributed by atoms with E-state index in [1.807, 2.05) is 54.0 Å². The molecule has 0 N–H and O–H groups in total. The van der Waals surface area contributed by atoms with Crippen LogP contribution < -0.4 is 4.74 Å². The van der Waals surface area contributed by atoms with Crippen molar-refractivity contribution < 1.29 is 9.53 Å². The van der Waals surface area contributed by atoms with Crippen LogP contribution >= 0.6 is 0 Å². The molecule has 5 nitrogen and oxygen atoms in total. The van der Waals surface area contributed by atoms with E-state index >= 15 is 0 Å². The second kappa shape index (κ2) is 7.19. The van der Waals surface area contributed by atoms with Crippen LogP contribution in [-0.4, -0.2) is 34.0 Å².